The molecule has 21 heavy (non-hydrogen) atoms. The summed E-state index contributed by atoms with van der Waals surface area (Å²) in [7, 11) is 1.79. The minimum atomic E-state index is 0.0236. The Labute approximate surface area is 124 Å². The molecule has 0 saturated carbocycles. The molecular formula is C16H19N3O2. The molecule has 2 aromatic rings. The van der Waals surface area contributed by atoms with E-state index in [0.29, 0.717) is 5.92 Å². The lowest BCUT2D eigenvalue weighted by atomic mass is 9.89. The van der Waals surface area contributed by atoms with Gasteiger partial charge in [-0.15, -0.1) is 0 Å². The fourth-order valence-corrected chi connectivity index (χ4v) is 2.71. The zero-order valence-electron chi connectivity index (χ0n) is 12.3. The SMILES string of the molecule is CC(=O)N(C)c1ccc2c(c1)C(Cc1c[nH]cn1)CCO2. The van der Waals surface area contributed by atoms with Crippen molar-refractivity contribution in [3.05, 3.63) is 42.0 Å². The summed E-state index contributed by atoms with van der Waals surface area (Å²) in [5.41, 5.74) is 3.12. The van der Waals surface area contributed by atoms with Crippen LogP contribution >= 0.6 is 0 Å². The third kappa shape index (κ3) is 2.77. The minimum absolute atomic E-state index is 0.0236. The predicted molar refractivity (Wildman–Crippen MR) is 80.7 cm³/mol. The molecule has 5 nitrogen and oxygen atoms in total. The van der Waals surface area contributed by atoms with E-state index in [1.807, 2.05) is 18.3 Å². The number of anilines is 1. The number of benzene rings is 1. The highest BCUT2D eigenvalue weighted by molar-refractivity contribution is 5.91. The highest BCUT2D eigenvalue weighted by Crippen LogP contribution is 2.37. The van der Waals surface area contributed by atoms with E-state index < -0.39 is 0 Å². The van der Waals surface area contributed by atoms with Crippen LogP contribution in [0, 0.1) is 0 Å². The van der Waals surface area contributed by atoms with Gasteiger partial charge in [-0.2, -0.15) is 0 Å². The number of aromatic nitrogens is 2. The number of ether oxygens (including phenoxy) is 1. The number of hydrogen-bond donors (Lipinski definition) is 1. The molecular weight excluding hydrogens is 266 g/mol. The summed E-state index contributed by atoms with van der Waals surface area (Å²) in [6.45, 7) is 2.29. The van der Waals surface area contributed by atoms with Crippen molar-refractivity contribution in [2.75, 3.05) is 18.6 Å². The first kappa shape index (κ1) is 13.7. The van der Waals surface area contributed by atoms with E-state index in [-0.39, 0.29) is 5.91 Å². The number of nitrogens with one attached hydrogen (secondary N) is 1. The monoisotopic (exact) mass is 285 g/mol. The molecule has 0 saturated heterocycles. The van der Waals surface area contributed by atoms with Gasteiger partial charge >= 0.3 is 0 Å². The summed E-state index contributed by atoms with van der Waals surface area (Å²) in [5.74, 6) is 1.32. The van der Waals surface area contributed by atoms with Gasteiger partial charge in [0, 0.05) is 25.9 Å². The van der Waals surface area contributed by atoms with Gasteiger partial charge in [-0.3, -0.25) is 4.79 Å². The Morgan fingerprint density at radius 3 is 3.10 bits per heavy atom. The van der Waals surface area contributed by atoms with Crippen LogP contribution in [0.5, 0.6) is 5.75 Å². The molecule has 0 bridgehead atoms. The maximum absolute atomic E-state index is 11.5. The molecule has 1 aliphatic heterocycles. The number of carbonyl (C=O) groups excluding carboxylic acids is 1. The van der Waals surface area contributed by atoms with Gasteiger partial charge in [0.1, 0.15) is 5.75 Å². The number of H-pyrrole nitrogens is 1. The summed E-state index contributed by atoms with van der Waals surface area (Å²) in [4.78, 5) is 20.5. The molecule has 0 radical (unpaired) electrons. The molecule has 1 atom stereocenters. The fraction of sp³-hybridized carbons (Fsp3) is 0.375. The van der Waals surface area contributed by atoms with Crippen LogP contribution in [-0.2, 0) is 11.2 Å². The second-order valence-corrected chi connectivity index (χ2v) is 5.40. The van der Waals surface area contributed by atoms with E-state index in [1.54, 1.807) is 25.2 Å². The zero-order chi connectivity index (χ0) is 14.8. The lowest BCUT2D eigenvalue weighted by molar-refractivity contribution is -0.116. The minimum Gasteiger partial charge on any atom is -0.493 e. The van der Waals surface area contributed by atoms with Crippen LogP contribution < -0.4 is 9.64 Å². The maximum Gasteiger partial charge on any atom is 0.223 e. The molecule has 5 heteroatoms. The normalized spacial score (nSPS) is 17.0. The van der Waals surface area contributed by atoms with Gasteiger partial charge in [-0.25, -0.2) is 4.98 Å². The van der Waals surface area contributed by atoms with E-state index in [4.69, 9.17) is 4.74 Å². The number of amides is 1. The van der Waals surface area contributed by atoms with E-state index in [1.165, 1.54) is 0 Å². The highest BCUT2D eigenvalue weighted by Gasteiger charge is 2.23. The van der Waals surface area contributed by atoms with Crippen LogP contribution in [-0.4, -0.2) is 29.5 Å². The molecule has 3 rings (SSSR count). The van der Waals surface area contributed by atoms with Crippen LogP contribution in [0.2, 0.25) is 0 Å². The lowest BCUT2D eigenvalue weighted by Crippen LogP contribution is -2.24. The van der Waals surface area contributed by atoms with Gasteiger partial charge < -0.3 is 14.6 Å². The third-order valence-electron chi connectivity index (χ3n) is 4.03. The largest absolute Gasteiger partial charge is 0.493 e. The number of rotatable bonds is 3. The molecule has 1 unspecified atom stereocenters. The summed E-state index contributed by atoms with van der Waals surface area (Å²) in [6.07, 6.45) is 5.48. The number of imidazole rings is 1. The molecule has 1 aromatic carbocycles. The van der Waals surface area contributed by atoms with Crippen molar-refractivity contribution >= 4 is 11.6 Å². The van der Waals surface area contributed by atoms with E-state index >= 15 is 0 Å². The van der Waals surface area contributed by atoms with Gasteiger partial charge in [-0.1, -0.05) is 0 Å². The van der Waals surface area contributed by atoms with E-state index in [0.717, 1.165) is 42.1 Å². The van der Waals surface area contributed by atoms with Crippen molar-refractivity contribution in [2.45, 2.75) is 25.7 Å². The number of carbonyl (C=O) groups is 1. The van der Waals surface area contributed by atoms with Crippen molar-refractivity contribution in [3.8, 4) is 5.75 Å². The van der Waals surface area contributed by atoms with Crippen LogP contribution in [0.4, 0.5) is 5.69 Å². The first-order valence-electron chi connectivity index (χ1n) is 7.14. The van der Waals surface area contributed by atoms with Crippen molar-refractivity contribution in [3.63, 3.8) is 0 Å². The molecule has 0 fully saturated rings. The second kappa shape index (κ2) is 5.60. The first-order chi connectivity index (χ1) is 10.1. The molecule has 0 aliphatic carbocycles. The molecule has 1 N–H and O–H groups in total. The van der Waals surface area contributed by atoms with Gasteiger partial charge in [0.2, 0.25) is 5.91 Å². The second-order valence-electron chi connectivity index (χ2n) is 5.40. The average Bonchev–Trinajstić information content (AvgIpc) is 2.99. The van der Waals surface area contributed by atoms with Crippen LogP contribution in [0.25, 0.3) is 0 Å². The molecule has 1 amide bonds. The predicted octanol–water partition coefficient (Wildman–Crippen LogP) is 2.50. The van der Waals surface area contributed by atoms with Gasteiger partial charge in [0.05, 0.1) is 18.6 Å². The van der Waals surface area contributed by atoms with E-state index in [9.17, 15) is 4.79 Å². The first-order valence-corrected chi connectivity index (χ1v) is 7.14. The lowest BCUT2D eigenvalue weighted by Gasteiger charge is -2.27. The van der Waals surface area contributed by atoms with Gasteiger partial charge in [-0.05, 0) is 42.5 Å². The quantitative estimate of drug-likeness (QED) is 0.942. The molecule has 2 heterocycles. The zero-order valence-corrected chi connectivity index (χ0v) is 12.3. The standard InChI is InChI=1S/C16H19N3O2/c1-11(20)19(2)14-3-4-16-15(8-14)12(5-6-21-16)7-13-9-17-10-18-13/h3-4,8-10,12H,5-7H2,1-2H3,(H,17,18). The van der Waals surface area contributed by atoms with Gasteiger partial charge in [0.25, 0.3) is 0 Å². The number of fused-ring (bicyclic) bond motifs is 1. The fourth-order valence-electron chi connectivity index (χ4n) is 2.71. The van der Waals surface area contributed by atoms with E-state index in [2.05, 4.69) is 16.0 Å². The topological polar surface area (TPSA) is 58.2 Å². The Morgan fingerprint density at radius 2 is 2.38 bits per heavy atom. The maximum atomic E-state index is 11.5. The molecule has 110 valence electrons. The van der Waals surface area contributed by atoms with Crippen LogP contribution in [0.1, 0.15) is 30.5 Å². The highest BCUT2D eigenvalue weighted by atomic mass is 16.5. The Bertz CT molecular complexity index is 637. The average molecular weight is 285 g/mol. The van der Waals surface area contributed by atoms with Crippen LogP contribution in [0.15, 0.2) is 30.7 Å². The molecule has 1 aliphatic rings. The Kier molecular flexibility index (Phi) is 3.64. The summed E-state index contributed by atoms with van der Waals surface area (Å²) >= 11 is 0. The molecule has 0 spiro atoms. The number of aromatic amines is 1. The van der Waals surface area contributed by atoms with Crippen molar-refractivity contribution in [1.29, 1.82) is 0 Å². The number of nitrogens with zero attached hydrogens (tertiary/aromatic N) is 2. The summed E-state index contributed by atoms with van der Waals surface area (Å²) < 4.78 is 5.74. The third-order valence-corrected chi connectivity index (χ3v) is 4.03. The molecule has 1 aromatic heterocycles. The van der Waals surface area contributed by atoms with Crippen molar-refractivity contribution in [2.24, 2.45) is 0 Å². The van der Waals surface area contributed by atoms with Crippen molar-refractivity contribution in [1.82, 2.24) is 9.97 Å². The van der Waals surface area contributed by atoms with Gasteiger partial charge in [0.15, 0.2) is 0 Å². The number of hydrogen-bond acceptors (Lipinski definition) is 3. The Hall–Kier alpha value is -2.30. The van der Waals surface area contributed by atoms with Crippen LogP contribution in [0.3, 0.4) is 0 Å². The van der Waals surface area contributed by atoms with Crippen molar-refractivity contribution < 1.29 is 9.53 Å². The summed E-state index contributed by atoms with van der Waals surface area (Å²) in [5, 5.41) is 0. The Balaban J connectivity index is 1.91. The smallest absolute Gasteiger partial charge is 0.223 e. The summed E-state index contributed by atoms with van der Waals surface area (Å²) in [6, 6.07) is 5.95. The Morgan fingerprint density at radius 1 is 1.52 bits per heavy atom.